The van der Waals surface area contributed by atoms with Crippen LogP contribution in [0.25, 0.3) is 11.4 Å². The second kappa shape index (κ2) is 28.9. The van der Waals surface area contributed by atoms with Gasteiger partial charge in [0.2, 0.25) is 0 Å². The van der Waals surface area contributed by atoms with Gasteiger partial charge in [0.05, 0.1) is 0 Å². The predicted molar refractivity (Wildman–Crippen MR) is 226 cm³/mol. The van der Waals surface area contributed by atoms with Crippen LogP contribution in [0.4, 0.5) is 0 Å². The summed E-state index contributed by atoms with van der Waals surface area (Å²) in [5.74, 6) is 4.35. The van der Waals surface area contributed by atoms with Crippen LogP contribution in [0.3, 0.4) is 0 Å². The molecule has 0 fully saturated rings. The summed E-state index contributed by atoms with van der Waals surface area (Å²) in [6, 6.07) is 11.3. The van der Waals surface area contributed by atoms with Crippen LogP contribution in [0.15, 0.2) is 58.5 Å². The van der Waals surface area contributed by atoms with Crippen molar-refractivity contribution in [2.45, 2.75) is 159 Å². The van der Waals surface area contributed by atoms with E-state index in [1.165, 1.54) is 107 Å². The van der Waals surface area contributed by atoms with E-state index in [2.05, 4.69) is 97.7 Å². The summed E-state index contributed by atoms with van der Waals surface area (Å²) < 4.78 is 19.9. The van der Waals surface area contributed by atoms with Crippen LogP contribution in [0.2, 0.25) is 26.6 Å². The van der Waals surface area contributed by atoms with Gasteiger partial charge >= 0.3 is 265 Å². The first-order chi connectivity index (χ1) is 24.8. The maximum atomic E-state index is 8.20. The van der Waals surface area contributed by atoms with Crippen molar-refractivity contribution in [1.82, 2.24) is 15.1 Å². The van der Waals surface area contributed by atoms with Crippen LogP contribution in [0.1, 0.15) is 137 Å². The van der Waals surface area contributed by atoms with E-state index >= 15 is 0 Å². The summed E-state index contributed by atoms with van der Waals surface area (Å²) >= 11 is 0.828. The molecule has 0 radical (unpaired) electrons. The topological polar surface area (TPSA) is 84.4 Å². The van der Waals surface area contributed by atoms with Crippen molar-refractivity contribution in [3.05, 3.63) is 60.2 Å². The molecule has 3 heterocycles. The van der Waals surface area contributed by atoms with Gasteiger partial charge in [0.15, 0.2) is 5.17 Å². The average molecular weight is 935 g/mol. The zero-order chi connectivity index (χ0) is 37.8. The van der Waals surface area contributed by atoms with Gasteiger partial charge in [-0.25, -0.2) is 0 Å². The van der Waals surface area contributed by atoms with E-state index in [-0.39, 0.29) is 5.17 Å². The Kier molecular flexibility index (Phi) is 26.9. The van der Waals surface area contributed by atoms with E-state index in [0.717, 1.165) is 17.1 Å². The molecule has 1 N–H and O–H groups in total. The first kappa shape index (κ1) is 47.4. The van der Waals surface area contributed by atoms with E-state index in [1.807, 2.05) is 12.3 Å². The number of hydrogen-bond donors (Lipinski definition) is 1. The second-order valence-corrected chi connectivity index (χ2v) is 39.5. The largest absolute Gasteiger partial charge is 0.410 e. The number of oxime groups is 1. The molecule has 3 rings (SSSR count). The minimum absolute atomic E-state index is 0.000556. The van der Waals surface area contributed by atoms with Crippen molar-refractivity contribution < 1.29 is 9.73 Å². The fraction of sp³-hybridized carbons (Fsp3) is 0.619. The van der Waals surface area contributed by atoms with Crippen molar-refractivity contribution >= 4 is 57.1 Å². The Morgan fingerprint density at radius 1 is 0.725 bits per heavy atom. The van der Waals surface area contributed by atoms with Crippen molar-refractivity contribution in [3.8, 4) is 21.2 Å². The molecule has 51 heavy (non-hydrogen) atoms. The number of halogens is 1. The molecule has 0 aliphatic heterocycles. The Morgan fingerprint density at radius 3 is 1.59 bits per heavy atom. The third-order valence-electron chi connectivity index (χ3n) is 9.71. The smallest absolute Gasteiger partial charge is 0.193 e. The van der Waals surface area contributed by atoms with Crippen LogP contribution >= 0.6 is 11.6 Å². The summed E-state index contributed by atoms with van der Waals surface area (Å²) in [6.07, 6.45) is 19.6. The molecular weight excluding hydrogens is 865 g/mol. The predicted octanol–water partition coefficient (Wildman–Crippen LogP) is 13.0. The van der Waals surface area contributed by atoms with Crippen LogP contribution in [-0.2, 0) is 0 Å². The van der Waals surface area contributed by atoms with Gasteiger partial charge in [-0.2, -0.15) is 0 Å². The molecule has 0 spiro atoms. The zero-order valence-corrected chi connectivity index (χ0v) is 39.8. The normalized spacial score (nSPS) is 11.5. The zero-order valence-electron chi connectivity index (χ0n) is 33.4. The molecule has 0 aliphatic carbocycles. The van der Waals surface area contributed by atoms with E-state index in [4.69, 9.17) is 21.3 Å². The Hall–Kier alpha value is -1.57. The molecule has 0 saturated heterocycles. The molecule has 9 heteroatoms. The van der Waals surface area contributed by atoms with Crippen molar-refractivity contribution in [3.63, 3.8) is 0 Å². The molecule has 284 valence electrons. The number of nitrogens with zero attached hydrogens (tertiary/aromatic N) is 4. The van der Waals surface area contributed by atoms with Gasteiger partial charge < -0.3 is 5.21 Å². The molecule has 0 bridgehead atoms. The first-order valence-electron chi connectivity index (χ1n) is 19.9. The molecule has 0 amide bonds. The van der Waals surface area contributed by atoms with Gasteiger partial charge in [-0.3, -0.25) is 4.98 Å². The van der Waals surface area contributed by atoms with E-state index in [9.17, 15) is 0 Å². The second-order valence-electron chi connectivity index (χ2n) is 13.8. The number of unbranched alkanes of at least 4 members (excludes halogenated alkanes) is 6. The SMILES string of the molecule is CC#[C][Sn]([CH2]CCC)([CH2]CCC)[CH2]CCC.CCC[CH2][Sn]([CH2]CCC)([CH2]CCC)[c]1c(-c2ccccn2)noc1C.O/N=C(\Cl)c1ccccn1. The third-order valence-corrected chi connectivity index (χ3v) is 39.4. The maximum absolute atomic E-state index is 8.20. The molecule has 6 nitrogen and oxygen atoms in total. The van der Waals surface area contributed by atoms with Gasteiger partial charge in [-0.05, 0) is 12.1 Å². The van der Waals surface area contributed by atoms with Gasteiger partial charge in [0.25, 0.3) is 0 Å². The summed E-state index contributed by atoms with van der Waals surface area (Å²) in [5, 5.41) is 15.5. The minimum atomic E-state index is -2.58. The molecule has 0 atom stereocenters. The standard InChI is InChI=1S/C9H7N2O.C6H5ClN2O.6C4H9.C3H3.2Sn/c1-7-6-9(11-12-7)8-4-2-3-5-10-8;7-6(9-10)5-3-1-2-4-8-5;6*1-3-4-2;1-3-2;;/h2-5H,1H3;1-4,10H;6*1,3-4H2,2H3;1H3;;/b;9-6-;;;;;;;;;. The van der Waals surface area contributed by atoms with E-state index in [0.29, 0.717) is 5.69 Å². The maximum Gasteiger partial charge on any atom is 0.193 e. The van der Waals surface area contributed by atoms with Crippen molar-refractivity contribution in [2.75, 3.05) is 0 Å². The minimum Gasteiger partial charge on any atom is -0.410 e. The Labute approximate surface area is 325 Å². The number of pyridine rings is 2. The molecule has 0 aromatic carbocycles. The first-order valence-corrected chi connectivity index (χ1v) is 35.2. The summed E-state index contributed by atoms with van der Waals surface area (Å²) in [5.41, 5.74) is 2.50. The third kappa shape index (κ3) is 17.4. The average Bonchev–Trinajstić information content (AvgIpc) is 3.57. The fourth-order valence-electron chi connectivity index (χ4n) is 6.88. The monoisotopic (exact) mass is 936 g/mol. The summed E-state index contributed by atoms with van der Waals surface area (Å²) in [4.78, 5) is 8.42. The van der Waals surface area contributed by atoms with Crippen molar-refractivity contribution in [2.24, 2.45) is 5.16 Å². The summed E-state index contributed by atoms with van der Waals surface area (Å²) in [6.45, 7) is 18.1. The van der Waals surface area contributed by atoms with Gasteiger partial charge in [0, 0.05) is 6.20 Å². The molecule has 0 aliphatic rings. The quantitative estimate of drug-likeness (QED) is 0.0378. The Morgan fingerprint density at radius 2 is 1.20 bits per heavy atom. The van der Waals surface area contributed by atoms with Gasteiger partial charge in [-0.1, -0.05) is 22.8 Å². The molecule has 3 aromatic rings. The van der Waals surface area contributed by atoms with Crippen LogP contribution in [0, 0.1) is 16.8 Å². The Bertz CT molecular complexity index is 1350. The molecule has 3 aromatic heterocycles. The van der Waals surface area contributed by atoms with E-state index < -0.39 is 36.8 Å². The van der Waals surface area contributed by atoms with Gasteiger partial charge in [-0.15, -0.1) is 0 Å². The number of rotatable bonds is 21. The van der Waals surface area contributed by atoms with E-state index in [1.54, 1.807) is 24.4 Å². The number of hydrogen-bond acceptors (Lipinski definition) is 6. The van der Waals surface area contributed by atoms with Crippen LogP contribution in [0.5, 0.6) is 0 Å². The number of aromatic nitrogens is 3. The fourth-order valence-corrected chi connectivity index (χ4v) is 37.8. The number of aryl methyl sites for hydroxylation is 1. The summed E-state index contributed by atoms with van der Waals surface area (Å²) in [7, 11) is 0. The van der Waals surface area contributed by atoms with Crippen LogP contribution < -0.4 is 3.58 Å². The molecule has 0 unspecified atom stereocenters. The Balaban J connectivity index is 0.000000426. The van der Waals surface area contributed by atoms with Crippen molar-refractivity contribution in [1.29, 1.82) is 0 Å². The molecule has 0 saturated carbocycles. The van der Waals surface area contributed by atoms with Crippen LogP contribution in [-0.4, -0.2) is 62.3 Å². The molecular formula is C42H69ClN4O2Sn2. The van der Waals surface area contributed by atoms with Gasteiger partial charge in [0.1, 0.15) is 5.69 Å².